The number of hydrogen-bond acceptors (Lipinski definition) is 3. The smallest absolute Gasteiger partial charge is 0.116 e. The molecule has 2 heterocycles. The van der Waals surface area contributed by atoms with Crippen LogP contribution < -0.4 is 5.32 Å². The molecule has 106 valence electrons. The predicted molar refractivity (Wildman–Crippen MR) is 81.6 cm³/mol. The van der Waals surface area contributed by atoms with Gasteiger partial charge in [0.2, 0.25) is 0 Å². The number of hydrogen-bond donors (Lipinski definition) is 4. The van der Waals surface area contributed by atoms with Crippen molar-refractivity contribution in [3.05, 3.63) is 59.3 Å². The second-order valence-electron chi connectivity index (χ2n) is 5.48. The van der Waals surface area contributed by atoms with E-state index in [-0.39, 0.29) is 11.8 Å². The number of nitrogens with one attached hydrogen (secondary N) is 2. The van der Waals surface area contributed by atoms with Crippen molar-refractivity contribution in [2.24, 2.45) is 0 Å². The third kappa shape index (κ3) is 1.96. The monoisotopic (exact) mass is 280 g/mol. The van der Waals surface area contributed by atoms with Crippen molar-refractivity contribution in [3.63, 3.8) is 0 Å². The molecule has 0 saturated heterocycles. The Bertz CT molecular complexity index is 806. The van der Waals surface area contributed by atoms with Gasteiger partial charge in [-0.2, -0.15) is 0 Å². The van der Waals surface area contributed by atoms with E-state index in [1.54, 1.807) is 18.2 Å². The lowest BCUT2D eigenvalue weighted by molar-refractivity contribution is 0.474. The minimum absolute atomic E-state index is 0.0869. The van der Waals surface area contributed by atoms with Crippen molar-refractivity contribution >= 4 is 10.9 Å². The molecule has 0 spiro atoms. The molecule has 0 fully saturated rings. The molecule has 4 heteroatoms. The average Bonchev–Trinajstić information content (AvgIpc) is 2.86. The van der Waals surface area contributed by atoms with Crippen LogP contribution >= 0.6 is 0 Å². The number of aromatic nitrogens is 1. The van der Waals surface area contributed by atoms with E-state index in [4.69, 9.17) is 0 Å². The van der Waals surface area contributed by atoms with Crippen molar-refractivity contribution in [1.82, 2.24) is 10.3 Å². The summed E-state index contributed by atoms with van der Waals surface area (Å²) in [7, 11) is 0. The summed E-state index contributed by atoms with van der Waals surface area (Å²) >= 11 is 0. The fourth-order valence-corrected chi connectivity index (χ4v) is 3.17. The van der Waals surface area contributed by atoms with Crippen molar-refractivity contribution < 1.29 is 10.2 Å². The Kier molecular flexibility index (Phi) is 2.65. The zero-order valence-corrected chi connectivity index (χ0v) is 11.4. The summed E-state index contributed by atoms with van der Waals surface area (Å²) in [5, 5.41) is 23.7. The third-order valence-corrected chi connectivity index (χ3v) is 4.16. The van der Waals surface area contributed by atoms with Crippen LogP contribution in [0.5, 0.6) is 11.5 Å². The lowest BCUT2D eigenvalue weighted by atomic mass is 9.94. The molecule has 4 N–H and O–H groups in total. The highest BCUT2D eigenvalue weighted by Gasteiger charge is 2.25. The molecule has 0 saturated carbocycles. The van der Waals surface area contributed by atoms with Gasteiger partial charge < -0.3 is 20.5 Å². The van der Waals surface area contributed by atoms with E-state index in [1.807, 2.05) is 24.3 Å². The quantitative estimate of drug-likeness (QED) is 0.554. The Morgan fingerprint density at radius 2 is 1.71 bits per heavy atom. The molecule has 3 aromatic rings. The van der Waals surface area contributed by atoms with E-state index in [0.29, 0.717) is 5.75 Å². The standard InChI is InChI=1S/C17H16N2O2/c20-11-3-1-10(2-4-11)16-17-13(7-8-18-16)14-9-12(21)5-6-15(14)19-17/h1-6,9,16,18-21H,7-8H2. The number of benzene rings is 2. The second-order valence-corrected chi connectivity index (χ2v) is 5.48. The lowest BCUT2D eigenvalue weighted by Gasteiger charge is -2.24. The summed E-state index contributed by atoms with van der Waals surface area (Å²) in [5.41, 5.74) is 4.57. The zero-order chi connectivity index (χ0) is 14.4. The fourth-order valence-electron chi connectivity index (χ4n) is 3.17. The zero-order valence-electron chi connectivity index (χ0n) is 11.4. The number of phenolic OH excluding ortho intramolecular Hbond substituents is 2. The van der Waals surface area contributed by atoms with E-state index >= 15 is 0 Å². The highest BCUT2D eigenvalue weighted by Crippen LogP contribution is 2.35. The molecule has 0 radical (unpaired) electrons. The third-order valence-electron chi connectivity index (χ3n) is 4.16. The van der Waals surface area contributed by atoms with Crippen LogP contribution in [-0.2, 0) is 6.42 Å². The maximum atomic E-state index is 9.71. The molecule has 1 aliphatic rings. The summed E-state index contributed by atoms with van der Waals surface area (Å²) in [4.78, 5) is 3.47. The van der Waals surface area contributed by atoms with Crippen molar-refractivity contribution in [2.75, 3.05) is 6.54 Å². The number of fused-ring (bicyclic) bond motifs is 3. The van der Waals surface area contributed by atoms with Crippen LogP contribution in [-0.4, -0.2) is 21.7 Å². The minimum atomic E-state index is 0.0869. The molecule has 1 unspecified atom stereocenters. The molecular formula is C17H16N2O2. The first-order valence-electron chi connectivity index (χ1n) is 7.08. The van der Waals surface area contributed by atoms with E-state index in [2.05, 4.69) is 10.3 Å². The summed E-state index contributed by atoms with van der Waals surface area (Å²) in [6, 6.07) is 12.8. The Morgan fingerprint density at radius 1 is 0.952 bits per heavy atom. The molecule has 4 nitrogen and oxygen atoms in total. The van der Waals surface area contributed by atoms with E-state index < -0.39 is 0 Å². The Labute approximate surface area is 122 Å². The van der Waals surface area contributed by atoms with Gasteiger partial charge in [-0.1, -0.05) is 12.1 Å². The van der Waals surface area contributed by atoms with Crippen LogP contribution in [0.25, 0.3) is 10.9 Å². The molecule has 0 amide bonds. The highest BCUT2D eigenvalue weighted by molar-refractivity contribution is 5.86. The molecule has 1 aliphatic heterocycles. The number of aromatic hydroxyl groups is 2. The van der Waals surface area contributed by atoms with Gasteiger partial charge in [0.15, 0.2) is 0 Å². The molecule has 1 atom stereocenters. The lowest BCUT2D eigenvalue weighted by Crippen LogP contribution is -2.30. The molecule has 21 heavy (non-hydrogen) atoms. The van der Waals surface area contributed by atoms with Gasteiger partial charge in [-0.15, -0.1) is 0 Å². The Morgan fingerprint density at radius 3 is 2.52 bits per heavy atom. The van der Waals surface area contributed by atoms with Crippen molar-refractivity contribution in [2.45, 2.75) is 12.5 Å². The Hall–Kier alpha value is -2.46. The van der Waals surface area contributed by atoms with Crippen LogP contribution in [0.4, 0.5) is 0 Å². The van der Waals surface area contributed by atoms with Crippen molar-refractivity contribution in [1.29, 1.82) is 0 Å². The Balaban J connectivity index is 1.88. The van der Waals surface area contributed by atoms with Gasteiger partial charge in [0, 0.05) is 23.1 Å². The second kappa shape index (κ2) is 4.53. The maximum absolute atomic E-state index is 9.71. The summed E-state index contributed by atoms with van der Waals surface area (Å²) in [5.74, 6) is 0.570. The highest BCUT2D eigenvalue weighted by atomic mass is 16.3. The van der Waals surface area contributed by atoms with Gasteiger partial charge in [-0.25, -0.2) is 0 Å². The maximum Gasteiger partial charge on any atom is 0.116 e. The van der Waals surface area contributed by atoms with Gasteiger partial charge in [-0.05, 0) is 47.9 Å². The topological polar surface area (TPSA) is 68.3 Å². The molecule has 0 bridgehead atoms. The summed E-state index contributed by atoms with van der Waals surface area (Å²) in [6.07, 6.45) is 0.938. The first kappa shape index (κ1) is 12.3. The van der Waals surface area contributed by atoms with Crippen LogP contribution in [0.3, 0.4) is 0 Å². The van der Waals surface area contributed by atoms with Crippen LogP contribution in [0.1, 0.15) is 22.9 Å². The number of H-pyrrole nitrogens is 1. The first-order chi connectivity index (χ1) is 10.2. The van der Waals surface area contributed by atoms with Gasteiger partial charge >= 0.3 is 0 Å². The SMILES string of the molecule is Oc1ccc(C2NCCc3c2[nH]c2ccc(O)cc32)cc1. The average molecular weight is 280 g/mol. The minimum Gasteiger partial charge on any atom is -0.508 e. The summed E-state index contributed by atoms with van der Waals surface area (Å²) < 4.78 is 0. The predicted octanol–water partition coefficient (Wildman–Crippen LogP) is 2.81. The number of phenols is 2. The van der Waals surface area contributed by atoms with Gasteiger partial charge in [0.25, 0.3) is 0 Å². The van der Waals surface area contributed by atoms with Crippen molar-refractivity contribution in [3.8, 4) is 11.5 Å². The molecule has 2 aromatic carbocycles. The largest absolute Gasteiger partial charge is 0.508 e. The van der Waals surface area contributed by atoms with Crippen LogP contribution in [0.2, 0.25) is 0 Å². The normalized spacial score (nSPS) is 17.8. The molecule has 1 aromatic heterocycles. The van der Waals surface area contributed by atoms with Crippen LogP contribution in [0.15, 0.2) is 42.5 Å². The fraction of sp³-hybridized carbons (Fsp3) is 0.176. The van der Waals surface area contributed by atoms with Gasteiger partial charge in [0.1, 0.15) is 11.5 Å². The molecule has 4 rings (SSSR count). The van der Waals surface area contributed by atoms with Crippen LogP contribution in [0, 0.1) is 0 Å². The van der Waals surface area contributed by atoms with E-state index in [1.165, 1.54) is 5.56 Å². The van der Waals surface area contributed by atoms with E-state index in [0.717, 1.165) is 35.1 Å². The van der Waals surface area contributed by atoms with E-state index in [9.17, 15) is 10.2 Å². The molecular weight excluding hydrogens is 264 g/mol. The first-order valence-corrected chi connectivity index (χ1v) is 7.08. The number of aromatic amines is 1. The number of rotatable bonds is 1. The van der Waals surface area contributed by atoms with Gasteiger partial charge in [0.05, 0.1) is 6.04 Å². The summed E-state index contributed by atoms with van der Waals surface area (Å²) in [6.45, 7) is 0.890. The molecule has 0 aliphatic carbocycles. The van der Waals surface area contributed by atoms with Gasteiger partial charge in [-0.3, -0.25) is 0 Å².